The number of rotatable bonds is 6. The summed E-state index contributed by atoms with van der Waals surface area (Å²) in [5.41, 5.74) is 5.87. The van der Waals surface area contributed by atoms with Crippen molar-refractivity contribution in [3.05, 3.63) is 0 Å². The van der Waals surface area contributed by atoms with Crippen LogP contribution >= 0.6 is 0 Å². The molecule has 13 heavy (non-hydrogen) atoms. The van der Waals surface area contributed by atoms with Crippen molar-refractivity contribution in [3.8, 4) is 0 Å². The van der Waals surface area contributed by atoms with Crippen LogP contribution in [0.4, 0.5) is 0 Å². The molecule has 0 unspecified atom stereocenters. The molecule has 0 bridgehead atoms. The van der Waals surface area contributed by atoms with Crippen molar-refractivity contribution in [2.75, 3.05) is 6.61 Å². The lowest BCUT2D eigenvalue weighted by Gasteiger charge is -2.19. The molecule has 3 heteroatoms. The number of hydrogen-bond donors (Lipinski definition) is 1. The van der Waals surface area contributed by atoms with Gasteiger partial charge in [-0.3, -0.25) is 4.79 Å². The summed E-state index contributed by atoms with van der Waals surface area (Å²) in [5.74, 6) is 0.256. The van der Waals surface area contributed by atoms with Crippen molar-refractivity contribution in [2.45, 2.75) is 46.1 Å². The van der Waals surface area contributed by atoms with Gasteiger partial charge < -0.3 is 10.5 Å². The molecule has 3 nitrogen and oxygen atoms in total. The molecule has 78 valence electrons. The second kappa shape index (κ2) is 6.89. The number of nitrogens with two attached hydrogens (primary N) is 1. The first-order valence-electron chi connectivity index (χ1n) is 5.06. The summed E-state index contributed by atoms with van der Waals surface area (Å²) >= 11 is 0. The van der Waals surface area contributed by atoms with Crippen LogP contribution in [0, 0.1) is 5.92 Å². The minimum absolute atomic E-state index is 0.0472. The number of carbonyl (C=O) groups excluding carboxylic acids is 1. The number of esters is 1. The molecule has 1 atom stereocenters. The largest absolute Gasteiger partial charge is 0.466 e. The monoisotopic (exact) mass is 187 g/mol. The van der Waals surface area contributed by atoms with Crippen molar-refractivity contribution in [3.63, 3.8) is 0 Å². The number of hydrogen-bond acceptors (Lipinski definition) is 3. The minimum atomic E-state index is -0.179. The summed E-state index contributed by atoms with van der Waals surface area (Å²) in [6, 6.07) is -0.0472. The molecular weight excluding hydrogens is 166 g/mol. The van der Waals surface area contributed by atoms with E-state index in [4.69, 9.17) is 10.5 Å². The second-order valence-corrected chi connectivity index (χ2v) is 3.25. The van der Waals surface area contributed by atoms with Gasteiger partial charge in [0.25, 0.3) is 0 Å². The Morgan fingerprint density at radius 1 is 1.31 bits per heavy atom. The predicted molar refractivity (Wildman–Crippen MR) is 53.3 cm³/mol. The van der Waals surface area contributed by atoms with Crippen LogP contribution in [-0.4, -0.2) is 18.6 Å². The molecule has 0 rings (SSSR count). The van der Waals surface area contributed by atoms with Gasteiger partial charge in [-0.25, -0.2) is 0 Å². The molecule has 0 radical (unpaired) electrons. The summed E-state index contributed by atoms with van der Waals surface area (Å²) in [5, 5.41) is 0. The molecule has 0 aromatic rings. The average molecular weight is 187 g/mol. The second-order valence-electron chi connectivity index (χ2n) is 3.25. The summed E-state index contributed by atoms with van der Waals surface area (Å²) in [7, 11) is 0. The third-order valence-electron chi connectivity index (χ3n) is 2.36. The fourth-order valence-electron chi connectivity index (χ4n) is 1.47. The zero-order chi connectivity index (χ0) is 10.3. The lowest BCUT2D eigenvalue weighted by molar-refractivity contribution is -0.143. The molecule has 0 aromatic heterocycles. The van der Waals surface area contributed by atoms with E-state index < -0.39 is 0 Å². The van der Waals surface area contributed by atoms with Gasteiger partial charge in [0.1, 0.15) is 0 Å². The highest BCUT2D eigenvalue weighted by molar-refractivity contribution is 5.70. The SMILES string of the molecule is CCOC(=O)C[C@@H](N)C(CC)CC. The first-order chi connectivity index (χ1) is 6.15. The highest BCUT2D eigenvalue weighted by atomic mass is 16.5. The van der Waals surface area contributed by atoms with Crippen LogP contribution in [0.3, 0.4) is 0 Å². The fourth-order valence-corrected chi connectivity index (χ4v) is 1.47. The standard InChI is InChI=1S/C10H21NO2/c1-4-8(5-2)9(11)7-10(12)13-6-3/h8-9H,4-7,11H2,1-3H3/t9-/m1/s1. The van der Waals surface area contributed by atoms with Gasteiger partial charge in [0.05, 0.1) is 13.0 Å². The van der Waals surface area contributed by atoms with Crippen LogP contribution in [0.25, 0.3) is 0 Å². The van der Waals surface area contributed by atoms with E-state index in [9.17, 15) is 4.79 Å². The van der Waals surface area contributed by atoms with Crippen LogP contribution in [-0.2, 0) is 9.53 Å². The molecule has 2 N–H and O–H groups in total. The zero-order valence-electron chi connectivity index (χ0n) is 8.88. The summed E-state index contributed by atoms with van der Waals surface area (Å²) in [6.07, 6.45) is 2.40. The topological polar surface area (TPSA) is 52.3 Å². The highest BCUT2D eigenvalue weighted by Gasteiger charge is 2.17. The molecule has 0 saturated carbocycles. The van der Waals surface area contributed by atoms with Gasteiger partial charge in [-0.15, -0.1) is 0 Å². The Morgan fingerprint density at radius 3 is 2.23 bits per heavy atom. The lowest BCUT2D eigenvalue weighted by Crippen LogP contribution is -2.32. The van der Waals surface area contributed by atoms with Gasteiger partial charge in [0.2, 0.25) is 0 Å². The van der Waals surface area contributed by atoms with Gasteiger partial charge >= 0.3 is 5.97 Å². The van der Waals surface area contributed by atoms with Crippen LogP contribution in [0.5, 0.6) is 0 Å². The van der Waals surface area contributed by atoms with Gasteiger partial charge in [0.15, 0.2) is 0 Å². The quantitative estimate of drug-likeness (QED) is 0.644. The van der Waals surface area contributed by atoms with Gasteiger partial charge in [0, 0.05) is 6.04 Å². The highest BCUT2D eigenvalue weighted by Crippen LogP contribution is 2.14. The minimum Gasteiger partial charge on any atom is -0.466 e. The Hall–Kier alpha value is -0.570. The third-order valence-corrected chi connectivity index (χ3v) is 2.36. The number of ether oxygens (including phenoxy) is 1. The molecule has 0 aliphatic rings. The molecule has 0 saturated heterocycles. The van der Waals surface area contributed by atoms with E-state index in [-0.39, 0.29) is 12.0 Å². The zero-order valence-corrected chi connectivity index (χ0v) is 8.88. The van der Waals surface area contributed by atoms with Crippen LogP contribution in [0.15, 0.2) is 0 Å². The Kier molecular flexibility index (Phi) is 6.59. The van der Waals surface area contributed by atoms with E-state index in [1.54, 1.807) is 6.92 Å². The first-order valence-corrected chi connectivity index (χ1v) is 5.06. The molecule has 0 aromatic carbocycles. The third kappa shape index (κ3) is 4.88. The Balaban J connectivity index is 3.82. The molecular formula is C10H21NO2. The van der Waals surface area contributed by atoms with Crippen molar-refractivity contribution >= 4 is 5.97 Å². The van der Waals surface area contributed by atoms with E-state index in [1.165, 1.54) is 0 Å². The van der Waals surface area contributed by atoms with Crippen molar-refractivity contribution in [1.29, 1.82) is 0 Å². The van der Waals surface area contributed by atoms with Crippen LogP contribution in [0.2, 0.25) is 0 Å². The van der Waals surface area contributed by atoms with Crippen molar-refractivity contribution < 1.29 is 9.53 Å². The summed E-state index contributed by atoms with van der Waals surface area (Å²) in [6.45, 7) is 6.44. The predicted octanol–water partition coefficient (Wildman–Crippen LogP) is 1.70. The summed E-state index contributed by atoms with van der Waals surface area (Å²) < 4.78 is 4.83. The molecule has 0 amide bonds. The van der Waals surface area contributed by atoms with E-state index in [0.29, 0.717) is 18.9 Å². The van der Waals surface area contributed by atoms with E-state index >= 15 is 0 Å². The molecule has 0 aliphatic heterocycles. The fraction of sp³-hybridized carbons (Fsp3) is 0.900. The van der Waals surface area contributed by atoms with Crippen LogP contribution in [0.1, 0.15) is 40.0 Å². The van der Waals surface area contributed by atoms with Gasteiger partial charge in [-0.05, 0) is 12.8 Å². The van der Waals surface area contributed by atoms with Crippen molar-refractivity contribution in [2.24, 2.45) is 11.7 Å². The Labute approximate surface area is 80.6 Å². The van der Waals surface area contributed by atoms with Crippen molar-refractivity contribution in [1.82, 2.24) is 0 Å². The average Bonchev–Trinajstić information content (AvgIpc) is 2.06. The first kappa shape index (κ1) is 12.4. The number of carbonyl (C=O) groups is 1. The maximum atomic E-state index is 11.1. The van der Waals surface area contributed by atoms with E-state index in [1.807, 2.05) is 0 Å². The van der Waals surface area contributed by atoms with E-state index in [0.717, 1.165) is 12.8 Å². The lowest BCUT2D eigenvalue weighted by atomic mass is 9.93. The van der Waals surface area contributed by atoms with E-state index in [2.05, 4.69) is 13.8 Å². The molecule has 0 heterocycles. The summed E-state index contributed by atoms with van der Waals surface area (Å²) in [4.78, 5) is 11.1. The maximum Gasteiger partial charge on any atom is 0.307 e. The maximum absolute atomic E-state index is 11.1. The molecule has 0 spiro atoms. The van der Waals surface area contributed by atoms with Gasteiger partial charge in [-0.1, -0.05) is 26.7 Å². The smallest absolute Gasteiger partial charge is 0.307 e. The van der Waals surface area contributed by atoms with Gasteiger partial charge in [-0.2, -0.15) is 0 Å². The Bertz CT molecular complexity index is 144. The van der Waals surface area contributed by atoms with Crippen LogP contribution < -0.4 is 5.73 Å². The molecule has 0 aliphatic carbocycles. The molecule has 0 fully saturated rings. The normalized spacial score (nSPS) is 13.0. The Morgan fingerprint density at radius 2 is 1.85 bits per heavy atom.